The zero-order valence-electron chi connectivity index (χ0n) is 10.6. The molecule has 0 unspecified atom stereocenters. The molecule has 0 saturated heterocycles. The molecule has 0 rings (SSSR count). The van der Waals surface area contributed by atoms with Crippen molar-refractivity contribution < 1.29 is 125 Å². The average Bonchev–Trinajstić information content (AvgIpc) is 2.54. The molecule has 0 aliphatic carbocycles. The van der Waals surface area contributed by atoms with Gasteiger partial charge < -0.3 is 49.3 Å². The van der Waals surface area contributed by atoms with Crippen molar-refractivity contribution in [1.29, 1.82) is 0 Å². The molecule has 12 heteroatoms. The van der Waals surface area contributed by atoms with Crippen molar-refractivity contribution in [2.45, 2.75) is 14.9 Å². The molecule has 0 aromatic heterocycles. The molecule has 0 atom stereocenters. The van der Waals surface area contributed by atoms with Crippen LogP contribution in [-0.4, -0.2) is 65.3 Å². The summed E-state index contributed by atoms with van der Waals surface area (Å²) < 4.78 is 0. The summed E-state index contributed by atoms with van der Waals surface area (Å²) in [5, 5.41) is 0. The van der Waals surface area contributed by atoms with Crippen LogP contribution in [0.2, 0.25) is 0 Å². The smallest absolute Gasteiger partial charge is 0.106 e. The van der Waals surface area contributed by atoms with Crippen LogP contribution in [0.5, 0.6) is 0 Å². The quantitative estimate of drug-likeness (QED) is 0.460. The van der Waals surface area contributed by atoms with Gasteiger partial charge in [0.1, 0.15) is 54.3 Å². The van der Waals surface area contributed by atoms with E-state index in [2.05, 4.69) is 0 Å². The van der Waals surface area contributed by atoms with Crippen LogP contribution in [0.25, 0.3) is 0 Å². The van der Waals surface area contributed by atoms with Gasteiger partial charge in [0.15, 0.2) is 0 Å². The molecule has 0 amide bonds. The number of rotatable bonds is 0. The fraction of sp³-hybridized carbons (Fsp3) is 0.200. The maximum Gasteiger partial charge on any atom is 0.106 e. The minimum absolute atomic E-state index is 0. The summed E-state index contributed by atoms with van der Waals surface area (Å²) in [5.41, 5.74) is 0. The summed E-state index contributed by atoms with van der Waals surface area (Å²) >= 11 is 0. The van der Waals surface area contributed by atoms with Crippen LogP contribution in [0.3, 0.4) is 0 Å². The Balaban J connectivity index is -0.00000000267. The topological polar surface area (TPSA) is 200 Å². The Kier molecular flexibility index (Phi) is 1430000. The molecule has 0 aromatic carbocycles. The maximum absolute atomic E-state index is 8.00. The van der Waals surface area contributed by atoms with Crippen molar-refractivity contribution in [2.24, 2.45) is 0 Å². The standard InChI is InChI=1S/8CH2O.2CH4.2Ar.2H2O/c8*1-2;;;;;;/h8*1H2;2*1H4;;;2*1H2. The Morgan fingerprint density at radius 2 is 0.273 bits per heavy atom. The summed E-state index contributed by atoms with van der Waals surface area (Å²) in [5.74, 6) is 0. The van der Waals surface area contributed by atoms with Crippen molar-refractivity contribution in [3.05, 3.63) is 0 Å². The molecule has 22 heavy (non-hydrogen) atoms. The van der Waals surface area contributed by atoms with Crippen molar-refractivity contribution in [3.63, 3.8) is 0 Å². The molecule has 144 valence electrons. The molecule has 0 aliphatic heterocycles. The van der Waals surface area contributed by atoms with E-state index in [1.54, 1.807) is 0 Å². The first-order chi connectivity index (χ1) is 8.00. The summed E-state index contributed by atoms with van der Waals surface area (Å²) in [7, 11) is 0. The third-order valence-electron chi connectivity index (χ3n) is 0. The van der Waals surface area contributed by atoms with E-state index >= 15 is 0 Å². The van der Waals surface area contributed by atoms with Crippen molar-refractivity contribution in [3.8, 4) is 0 Å². The van der Waals surface area contributed by atoms with Gasteiger partial charge in [0.2, 0.25) is 0 Å². The van der Waals surface area contributed by atoms with E-state index in [4.69, 9.17) is 38.4 Å². The number of hydrogen-bond donors (Lipinski definition) is 0. The average molecular weight is 388 g/mol. The Hall–Kier alpha value is -0.201. The van der Waals surface area contributed by atoms with Gasteiger partial charge in [-0.25, -0.2) is 0 Å². The fourth-order valence-corrected chi connectivity index (χ4v) is 0. The summed E-state index contributed by atoms with van der Waals surface area (Å²) in [6.45, 7) is 16.0. The first-order valence-corrected chi connectivity index (χ1v) is 2.31. The molecule has 0 aromatic rings. The minimum Gasteiger partial charge on any atom is -0.412 e. The Bertz CT molecular complexity index is 53.7. The molecule has 0 spiro atoms. The van der Waals surface area contributed by atoms with Gasteiger partial charge in [0, 0.05) is 75.5 Å². The number of carbonyl (C=O) groups is 8. The normalized spacial score (nSPS) is 1.45. The third kappa shape index (κ3) is 174000. The third-order valence-corrected chi connectivity index (χ3v) is 0. The van der Waals surface area contributed by atoms with Gasteiger partial charge in [-0.05, 0) is 0 Å². The zero-order chi connectivity index (χ0) is 16.0. The Labute approximate surface area is 192 Å². The monoisotopic (exact) mass is 388 g/mol. The zero-order valence-corrected chi connectivity index (χ0v) is 12.0. The molecule has 0 bridgehead atoms. The molecule has 0 saturated carbocycles. The Morgan fingerprint density at radius 3 is 0.273 bits per heavy atom. The second-order valence-electron chi connectivity index (χ2n) is 0. The van der Waals surface area contributed by atoms with Crippen LogP contribution in [0.1, 0.15) is 14.9 Å². The van der Waals surface area contributed by atoms with E-state index in [0.717, 1.165) is 0 Å². The van der Waals surface area contributed by atoms with E-state index in [1.807, 2.05) is 54.3 Å². The fourth-order valence-electron chi connectivity index (χ4n) is 0. The van der Waals surface area contributed by atoms with Gasteiger partial charge in [0.25, 0.3) is 0 Å². The van der Waals surface area contributed by atoms with Crippen molar-refractivity contribution in [1.82, 2.24) is 0 Å². The van der Waals surface area contributed by atoms with Gasteiger partial charge in [-0.1, -0.05) is 14.9 Å². The van der Waals surface area contributed by atoms with Gasteiger partial charge >= 0.3 is 0 Å². The van der Waals surface area contributed by atoms with Crippen molar-refractivity contribution >= 4 is 54.3 Å². The molecule has 4 N–H and O–H groups in total. The van der Waals surface area contributed by atoms with Crippen molar-refractivity contribution in [2.75, 3.05) is 0 Å². The number of hydrogen-bond acceptors (Lipinski definition) is 8. The van der Waals surface area contributed by atoms with Crippen LogP contribution < -0.4 is 0 Å². The molecule has 0 radical (unpaired) electrons. The second kappa shape index (κ2) is 203000. The number of carbonyl (C=O) groups excluding carboxylic acids is 8. The maximum atomic E-state index is 8.00. The first-order valence-electron chi connectivity index (χ1n) is 2.31. The van der Waals surface area contributed by atoms with Gasteiger partial charge in [-0.3, -0.25) is 0 Å². The Morgan fingerprint density at radius 1 is 0.273 bits per heavy atom. The predicted octanol–water partition coefficient (Wildman–Crippen LogP) is -1.86. The summed E-state index contributed by atoms with van der Waals surface area (Å²) in [4.78, 5) is 64.0. The molecule has 0 fully saturated rings. The second-order valence-corrected chi connectivity index (χ2v) is 0. The van der Waals surface area contributed by atoms with Gasteiger partial charge in [0.05, 0.1) is 0 Å². The van der Waals surface area contributed by atoms with Crippen LogP contribution in [0, 0.1) is 75.5 Å². The molecular formula is C10H28Ar2O10. The van der Waals surface area contributed by atoms with Crippen LogP contribution >= 0.6 is 0 Å². The van der Waals surface area contributed by atoms with Gasteiger partial charge in [-0.2, -0.15) is 0 Å². The predicted molar refractivity (Wildman–Crippen MR) is 77.7 cm³/mol. The molecule has 0 heterocycles. The van der Waals surface area contributed by atoms with Crippen LogP contribution in [0.15, 0.2) is 0 Å². The largest absolute Gasteiger partial charge is 0.412 e. The van der Waals surface area contributed by atoms with E-state index in [9.17, 15) is 0 Å². The minimum atomic E-state index is 0. The van der Waals surface area contributed by atoms with E-state index in [-0.39, 0.29) is 101 Å². The van der Waals surface area contributed by atoms with Gasteiger partial charge in [-0.15, -0.1) is 0 Å². The van der Waals surface area contributed by atoms with E-state index < -0.39 is 0 Å². The SMILES string of the molecule is C.C.C=O.C=O.C=O.C=O.C=O.C=O.C=O.C=O.O.O.[Ar].[Ar]. The van der Waals surface area contributed by atoms with Crippen LogP contribution in [0.4, 0.5) is 0 Å². The van der Waals surface area contributed by atoms with Crippen LogP contribution in [-0.2, 0) is 38.4 Å². The molecular weight excluding hydrogens is 360 g/mol. The van der Waals surface area contributed by atoms with E-state index in [1.165, 1.54) is 0 Å². The first kappa shape index (κ1) is 155. The molecule has 0 aliphatic rings. The van der Waals surface area contributed by atoms with E-state index in [0.29, 0.717) is 0 Å². The summed E-state index contributed by atoms with van der Waals surface area (Å²) in [6, 6.07) is 0. The summed E-state index contributed by atoms with van der Waals surface area (Å²) in [6.07, 6.45) is 0. The molecule has 10 nitrogen and oxygen atoms in total.